The first-order chi connectivity index (χ1) is 15.3. The van der Waals surface area contributed by atoms with Gasteiger partial charge in [-0.3, -0.25) is 9.59 Å². The summed E-state index contributed by atoms with van der Waals surface area (Å²) >= 11 is 0. The number of carbonyl (C=O) groups is 3. The van der Waals surface area contributed by atoms with Gasteiger partial charge < -0.3 is 31.3 Å². The monoisotopic (exact) mass is 473 g/mol. The van der Waals surface area contributed by atoms with Gasteiger partial charge in [-0.05, 0) is 46.1 Å². The average Bonchev–Trinajstić information content (AvgIpc) is 2.81. The van der Waals surface area contributed by atoms with E-state index in [-0.39, 0.29) is 30.2 Å². The molecular weight excluding hydrogens is 426 g/mol. The number of amides is 1. The van der Waals surface area contributed by atoms with Gasteiger partial charge >= 0.3 is 5.97 Å². The predicted molar refractivity (Wildman–Crippen MR) is 129 cm³/mol. The lowest BCUT2D eigenvalue weighted by atomic mass is 9.80. The molecule has 0 heterocycles. The molecule has 9 nitrogen and oxygen atoms in total. The molecule has 0 bridgehead atoms. The third kappa shape index (κ3) is 8.63. The Morgan fingerprint density at radius 2 is 1.45 bits per heavy atom. The van der Waals surface area contributed by atoms with Gasteiger partial charge in [0.15, 0.2) is 11.9 Å². The van der Waals surface area contributed by atoms with Crippen LogP contribution >= 0.6 is 0 Å². The molecule has 0 saturated carbocycles. The van der Waals surface area contributed by atoms with E-state index in [0.717, 1.165) is 12.8 Å². The highest BCUT2D eigenvalue weighted by molar-refractivity contribution is 5.93. The Hall–Kier alpha value is -1.55. The summed E-state index contributed by atoms with van der Waals surface area (Å²) in [7, 11) is 1.78. The van der Waals surface area contributed by atoms with Crippen molar-refractivity contribution in [3.63, 3.8) is 0 Å². The summed E-state index contributed by atoms with van der Waals surface area (Å²) in [5.41, 5.74) is -0.940. The molecule has 0 aromatic rings. The van der Waals surface area contributed by atoms with E-state index in [1.807, 2.05) is 13.8 Å². The zero-order valence-corrected chi connectivity index (χ0v) is 21.7. The number of hydrogen-bond donors (Lipinski definition) is 6. The number of carbonyl (C=O) groups excluding carboxylic acids is 2. The lowest BCUT2D eigenvalue weighted by Crippen LogP contribution is -2.61. The van der Waals surface area contributed by atoms with Crippen LogP contribution in [0, 0.1) is 11.8 Å². The average molecular weight is 474 g/mol. The molecular formula is C24H47N3O6. The third-order valence-corrected chi connectivity index (χ3v) is 7.44. The molecule has 0 spiro atoms. The number of rotatable bonds is 17. The van der Waals surface area contributed by atoms with Crippen LogP contribution in [-0.2, 0) is 14.4 Å². The van der Waals surface area contributed by atoms with E-state index in [1.54, 1.807) is 14.0 Å². The molecule has 0 saturated heterocycles. The van der Waals surface area contributed by atoms with Gasteiger partial charge in [0.05, 0.1) is 17.7 Å². The van der Waals surface area contributed by atoms with Crippen LogP contribution in [0.1, 0.15) is 80.6 Å². The normalized spacial score (nSPS) is 17.0. The van der Waals surface area contributed by atoms with Crippen molar-refractivity contribution >= 4 is 17.7 Å². The zero-order chi connectivity index (χ0) is 26.0. The van der Waals surface area contributed by atoms with Crippen LogP contribution in [0.25, 0.3) is 0 Å². The largest absolute Gasteiger partial charge is 0.479 e. The van der Waals surface area contributed by atoms with E-state index in [1.165, 1.54) is 6.92 Å². The third-order valence-electron chi connectivity index (χ3n) is 7.44. The first-order valence-electron chi connectivity index (χ1n) is 12.1. The van der Waals surface area contributed by atoms with E-state index in [9.17, 15) is 24.6 Å². The number of aliphatic hydroxyl groups is 2. The Morgan fingerprint density at radius 1 is 0.939 bits per heavy atom. The van der Waals surface area contributed by atoms with Crippen molar-refractivity contribution in [3.8, 4) is 0 Å². The van der Waals surface area contributed by atoms with E-state index >= 15 is 0 Å². The van der Waals surface area contributed by atoms with Gasteiger partial charge in [-0.2, -0.15) is 0 Å². The molecule has 0 radical (unpaired) electrons. The van der Waals surface area contributed by atoms with Gasteiger partial charge in [0.1, 0.15) is 0 Å². The fraction of sp³-hybridized carbons (Fsp3) is 0.875. The summed E-state index contributed by atoms with van der Waals surface area (Å²) in [4.78, 5) is 37.3. The second kappa shape index (κ2) is 14.0. The molecule has 1 amide bonds. The van der Waals surface area contributed by atoms with Crippen LogP contribution in [0.4, 0.5) is 0 Å². The fourth-order valence-corrected chi connectivity index (χ4v) is 3.98. The Morgan fingerprint density at radius 3 is 1.85 bits per heavy atom. The number of likely N-dealkylation sites (N-methyl/N-ethyl adjacent to an activating group) is 1. The van der Waals surface area contributed by atoms with Gasteiger partial charge in [-0.25, -0.2) is 4.79 Å². The number of nitrogens with one attached hydrogen (secondary N) is 3. The van der Waals surface area contributed by atoms with Crippen molar-refractivity contribution in [3.05, 3.63) is 0 Å². The molecule has 6 N–H and O–H groups in total. The molecule has 0 rings (SSSR count). The Labute approximate surface area is 199 Å². The summed E-state index contributed by atoms with van der Waals surface area (Å²) in [5.74, 6) is -3.22. The number of aliphatic carboxylic acids is 1. The minimum Gasteiger partial charge on any atom is -0.479 e. The maximum absolute atomic E-state index is 13.6. The summed E-state index contributed by atoms with van der Waals surface area (Å²) in [5, 5.41) is 38.0. The molecule has 0 aliphatic rings. The van der Waals surface area contributed by atoms with Gasteiger partial charge in [-0.1, -0.05) is 41.5 Å². The maximum atomic E-state index is 13.6. The smallest absolute Gasteiger partial charge is 0.332 e. The van der Waals surface area contributed by atoms with Gasteiger partial charge in [0.2, 0.25) is 5.91 Å². The molecule has 0 aliphatic carbocycles. The number of Topliss-reactive ketones (excluding diaryl/α,β-unsaturated/α-hetero) is 1. The van der Waals surface area contributed by atoms with Crippen molar-refractivity contribution in [1.82, 2.24) is 16.0 Å². The predicted octanol–water partition coefficient (Wildman–Crippen LogP) is 1.46. The number of carboxylic acid groups (broad SMARTS) is 1. The summed E-state index contributed by atoms with van der Waals surface area (Å²) in [6.45, 7) is 13.1. The van der Waals surface area contributed by atoms with Crippen molar-refractivity contribution in [2.75, 3.05) is 13.6 Å². The molecule has 33 heavy (non-hydrogen) atoms. The molecule has 194 valence electrons. The first-order valence-corrected chi connectivity index (χ1v) is 12.1. The highest BCUT2D eigenvalue weighted by Crippen LogP contribution is 2.24. The summed E-state index contributed by atoms with van der Waals surface area (Å²) < 4.78 is 0. The highest BCUT2D eigenvalue weighted by atomic mass is 16.4. The van der Waals surface area contributed by atoms with E-state index in [2.05, 4.69) is 36.7 Å². The van der Waals surface area contributed by atoms with Crippen LogP contribution in [0.2, 0.25) is 0 Å². The second-order valence-electron chi connectivity index (χ2n) is 9.46. The Kier molecular flexibility index (Phi) is 13.3. The summed E-state index contributed by atoms with van der Waals surface area (Å²) in [6, 6.07) is -0.541. The van der Waals surface area contributed by atoms with Crippen LogP contribution < -0.4 is 16.0 Å². The van der Waals surface area contributed by atoms with Gasteiger partial charge in [-0.15, -0.1) is 0 Å². The van der Waals surface area contributed by atoms with Gasteiger partial charge in [0, 0.05) is 23.9 Å². The van der Waals surface area contributed by atoms with Crippen LogP contribution in [0.15, 0.2) is 0 Å². The lowest BCUT2D eigenvalue weighted by Gasteiger charge is -2.39. The van der Waals surface area contributed by atoms with Crippen molar-refractivity contribution in [2.45, 2.75) is 110 Å². The quantitative estimate of drug-likeness (QED) is 0.186. The van der Waals surface area contributed by atoms with E-state index < -0.39 is 41.6 Å². The van der Waals surface area contributed by atoms with Crippen LogP contribution in [-0.4, -0.2) is 75.9 Å². The summed E-state index contributed by atoms with van der Waals surface area (Å²) in [6.07, 6.45) is 0.254. The van der Waals surface area contributed by atoms with E-state index in [4.69, 9.17) is 5.11 Å². The Balaban J connectivity index is 5.47. The van der Waals surface area contributed by atoms with E-state index in [0.29, 0.717) is 12.8 Å². The Bertz CT molecular complexity index is 625. The number of hydrogen-bond acceptors (Lipinski definition) is 7. The number of ketones is 1. The lowest BCUT2D eigenvalue weighted by molar-refractivity contribution is -0.151. The maximum Gasteiger partial charge on any atom is 0.332 e. The molecule has 0 aromatic carbocycles. The highest BCUT2D eigenvalue weighted by Gasteiger charge is 2.41. The SMILES string of the molecule is CCC(C)(CC)NC(CC(C)C(=O)NCC(O)C(C)C(O)C(=O)O)C(=O)C(CC)(CC)NC. The van der Waals surface area contributed by atoms with Crippen molar-refractivity contribution < 1.29 is 29.7 Å². The molecule has 5 unspecified atom stereocenters. The van der Waals surface area contributed by atoms with Crippen molar-refractivity contribution in [2.24, 2.45) is 11.8 Å². The molecule has 9 heteroatoms. The first kappa shape index (κ1) is 31.4. The standard InChI is InChI=1S/C24H47N3O6/c1-9-23(7,10-2)27-17(20(30)24(11-3,12-4)25-8)13-15(5)21(31)26-14-18(28)16(6)19(29)22(32)33/h15-19,25,27-29H,9-14H2,1-8H3,(H,26,31)(H,32,33). The second-order valence-corrected chi connectivity index (χ2v) is 9.46. The zero-order valence-electron chi connectivity index (χ0n) is 21.7. The fourth-order valence-electron chi connectivity index (χ4n) is 3.98. The van der Waals surface area contributed by atoms with Crippen LogP contribution in [0.5, 0.6) is 0 Å². The molecule has 0 fully saturated rings. The molecule has 5 atom stereocenters. The minimum atomic E-state index is -1.72. The van der Waals surface area contributed by atoms with Crippen molar-refractivity contribution in [1.29, 1.82) is 0 Å². The number of aliphatic hydroxyl groups excluding tert-OH is 2. The minimum absolute atomic E-state index is 0.0287. The van der Waals surface area contributed by atoms with Crippen LogP contribution in [0.3, 0.4) is 0 Å². The topological polar surface area (TPSA) is 148 Å². The molecule has 0 aromatic heterocycles. The molecule has 0 aliphatic heterocycles. The van der Waals surface area contributed by atoms with Gasteiger partial charge in [0.25, 0.3) is 0 Å². The number of carboxylic acids is 1.